The molecule has 1 aliphatic heterocycles. The lowest BCUT2D eigenvalue weighted by Crippen LogP contribution is -2.32. The standard InChI is InChI=1S/C26H23FN2O4/c1-15-5-11-20(16(2)13-15)23-24(28-21-12-10-19(32-3)14-22(21)33-4)26(31)29(25(23)30)18-8-6-17(27)7-9-18/h5-14,28H,1-4H3. The van der Waals surface area contributed by atoms with E-state index < -0.39 is 17.6 Å². The fourth-order valence-corrected chi connectivity index (χ4v) is 3.85. The number of carbonyl (C=O) groups excluding carboxylic acids is 2. The Morgan fingerprint density at radius 1 is 0.848 bits per heavy atom. The number of carbonyl (C=O) groups is 2. The molecule has 0 aromatic heterocycles. The zero-order valence-corrected chi connectivity index (χ0v) is 18.7. The van der Waals surface area contributed by atoms with Crippen LogP contribution in [-0.4, -0.2) is 26.0 Å². The van der Waals surface area contributed by atoms with Crippen molar-refractivity contribution < 1.29 is 23.5 Å². The summed E-state index contributed by atoms with van der Waals surface area (Å²) in [5.41, 5.74) is 3.66. The minimum absolute atomic E-state index is 0.111. The summed E-state index contributed by atoms with van der Waals surface area (Å²) in [5, 5.41) is 3.11. The number of ether oxygens (including phenoxy) is 2. The van der Waals surface area contributed by atoms with E-state index in [-0.39, 0.29) is 17.0 Å². The molecule has 4 rings (SSSR count). The Hall–Kier alpha value is -4.13. The van der Waals surface area contributed by atoms with Crippen molar-refractivity contribution in [3.63, 3.8) is 0 Å². The smallest absolute Gasteiger partial charge is 0.282 e. The number of nitrogens with zero attached hydrogens (tertiary/aromatic N) is 1. The SMILES string of the molecule is COc1ccc(NC2=C(c3ccc(C)cc3C)C(=O)N(c3ccc(F)cc3)C2=O)c(OC)c1. The maximum Gasteiger partial charge on any atom is 0.282 e. The minimum atomic E-state index is -0.542. The summed E-state index contributed by atoms with van der Waals surface area (Å²) in [6, 6.07) is 16.0. The predicted octanol–water partition coefficient (Wildman–Crippen LogP) is 4.86. The number of halogens is 1. The van der Waals surface area contributed by atoms with E-state index >= 15 is 0 Å². The van der Waals surface area contributed by atoms with Crippen molar-refractivity contribution in [1.29, 1.82) is 0 Å². The first-order valence-corrected chi connectivity index (χ1v) is 10.3. The molecule has 0 aliphatic carbocycles. The van der Waals surface area contributed by atoms with Crippen LogP contribution in [0.15, 0.2) is 66.4 Å². The second kappa shape index (κ2) is 8.78. The largest absolute Gasteiger partial charge is 0.497 e. The Labute approximate surface area is 191 Å². The summed E-state index contributed by atoms with van der Waals surface area (Å²) >= 11 is 0. The van der Waals surface area contributed by atoms with Crippen molar-refractivity contribution in [1.82, 2.24) is 0 Å². The number of imide groups is 1. The molecule has 0 saturated carbocycles. The molecule has 1 N–H and O–H groups in total. The molecule has 6 nitrogen and oxygen atoms in total. The van der Waals surface area contributed by atoms with Gasteiger partial charge in [0, 0.05) is 6.07 Å². The van der Waals surface area contributed by atoms with Gasteiger partial charge in [-0.1, -0.05) is 23.8 Å². The van der Waals surface area contributed by atoms with E-state index in [1.165, 1.54) is 31.4 Å². The van der Waals surface area contributed by atoms with Crippen LogP contribution in [0.4, 0.5) is 15.8 Å². The van der Waals surface area contributed by atoms with E-state index in [1.807, 2.05) is 32.0 Å². The van der Waals surface area contributed by atoms with Crippen molar-refractivity contribution in [3.8, 4) is 11.5 Å². The van der Waals surface area contributed by atoms with Gasteiger partial charge in [0.05, 0.1) is 31.2 Å². The van der Waals surface area contributed by atoms with Crippen LogP contribution in [0.2, 0.25) is 0 Å². The molecule has 0 fully saturated rings. The zero-order valence-electron chi connectivity index (χ0n) is 18.7. The quantitative estimate of drug-likeness (QED) is 0.548. The average molecular weight is 446 g/mol. The summed E-state index contributed by atoms with van der Waals surface area (Å²) in [7, 11) is 3.05. The van der Waals surface area contributed by atoms with E-state index in [4.69, 9.17) is 9.47 Å². The van der Waals surface area contributed by atoms with Crippen molar-refractivity contribution >= 4 is 28.8 Å². The van der Waals surface area contributed by atoms with Crippen LogP contribution in [0.5, 0.6) is 11.5 Å². The van der Waals surface area contributed by atoms with Gasteiger partial charge in [0.25, 0.3) is 11.8 Å². The molecular formula is C26H23FN2O4. The van der Waals surface area contributed by atoms with E-state index in [0.29, 0.717) is 22.7 Å². The van der Waals surface area contributed by atoms with Crippen LogP contribution in [0.3, 0.4) is 0 Å². The van der Waals surface area contributed by atoms with Gasteiger partial charge in [-0.3, -0.25) is 9.59 Å². The molecule has 7 heteroatoms. The third-order valence-electron chi connectivity index (χ3n) is 5.49. The van der Waals surface area contributed by atoms with Crippen molar-refractivity contribution in [3.05, 3.63) is 88.9 Å². The first kappa shape index (κ1) is 22.1. The molecule has 168 valence electrons. The molecule has 33 heavy (non-hydrogen) atoms. The topological polar surface area (TPSA) is 67.9 Å². The van der Waals surface area contributed by atoms with Crippen molar-refractivity contribution in [2.45, 2.75) is 13.8 Å². The predicted molar refractivity (Wildman–Crippen MR) is 125 cm³/mol. The number of hydrogen-bond donors (Lipinski definition) is 1. The fraction of sp³-hybridized carbons (Fsp3) is 0.154. The minimum Gasteiger partial charge on any atom is -0.497 e. The molecule has 0 radical (unpaired) electrons. The van der Waals surface area contributed by atoms with Crippen LogP contribution in [0.1, 0.15) is 16.7 Å². The second-order valence-corrected chi connectivity index (χ2v) is 7.68. The Kier molecular flexibility index (Phi) is 5.87. The third-order valence-corrected chi connectivity index (χ3v) is 5.49. The number of rotatable bonds is 6. The molecule has 0 bridgehead atoms. The monoisotopic (exact) mass is 446 g/mol. The maximum absolute atomic E-state index is 13.6. The Morgan fingerprint density at radius 2 is 1.58 bits per heavy atom. The van der Waals surface area contributed by atoms with Gasteiger partial charge in [-0.15, -0.1) is 0 Å². The second-order valence-electron chi connectivity index (χ2n) is 7.68. The number of aryl methyl sites for hydroxylation is 2. The van der Waals surface area contributed by atoms with Gasteiger partial charge in [-0.25, -0.2) is 9.29 Å². The normalized spacial score (nSPS) is 13.5. The summed E-state index contributed by atoms with van der Waals surface area (Å²) in [6.07, 6.45) is 0. The van der Waals surface area contributed by atoms with E-state index in [1.54, 1.807) is 25.3 Å². The lowest BCUT2D eigenvalue weighted by Gasteiger charge is -2.16. The summed E-state index contributed by atoms with van der Waals surface area (Å²) < 4.78 is 24.2. The van der Waals surface area contributed by atoms with Gasteiger partial charge >= 0.3 is 0 Å². The number of anilines is 2. The van der Waals surface area contributed by atoms with Crippen molar-refractivity contribution in [2.24, 2.45) is 0 Å². The lowest BCUT2D eigenvalue weighted by molar-refractivity contribution is -0.120. The van der Waals surface area contributed by atoms with Crippen LogP contribution >= 0.6 is 0 Å². The van der Waals surface area contributed by atoms with Gasteiger partial charge in [-0.2, -0.15) is 0 Å². The number of nitrogens with one attached hydrogen (secondary N) is 1. The number of methoxy groups -OCH3 is 2. The lowest BCUT2D eigenvalue weighted by atomic mass is 9.97. The number of benzene rings is 3. The highest BCUT2D eigenvalue weighted by molar-refractivity contribution is 6.46. The molecule has 0 atom stereocenters. The van der Waals surface area contributed by atoms with Gasteiger partial charge in [-0.05, 0) is 61.4 Å². The number of hydrogen-bond acceptors (Lipinski definition) is 5. The molecule has 2 amide bonds. The Balaban J connectivity index is 1.86. The van der Waals surface area contributed by atoms with Crippen molar-refractivity contribution in [2.75, 3.05) is 24.4 Å². The summed E-state index contributed by atoms with van der Waals surface area (Å²) in [5.74, 6) is -0.459. The van der Waals surface area contributed by atoms with Crippen LogP contribution in [0.25, 0.3) is 5.57 Å². The first-order valence-electron chi connectivity index (χ1n) is 10.3. The fourth-order valence-electron chi connectivity index (χ4n) is 3.85. The molecule has 0 unspecified atom stereocenters. The van der Waals surface area contributed by atoms with Gasteiger partial charge < -0.3 is 14.8 Å². The molecule has 3 aromatic carbocycles. The molecule has 0 spiro atoms. The zero-order chi connectivity index (χ0) is 23.7. The first-order chi connectivity index (χ1) is 15.8. The van der Waals surface area contributed by atoms with Crippen LogP contribution < -0.4 is 19.7 Å². The number of amides is 2. The van der Waals surface area contributed by atoms with Crippen LogP contribution in [-0.2, 0) is 9.59 Å². The van der Waals surface area contributed by atoms with Gasteiger partial charge in [0.2, 0.25) is 0 Å². The maximum atomic E-state index is 13.6. The highest BCUT2D eigenvalue weighted by Crippen LogP contribution is 2.37. The molecule has 1 heterocycles. The van der Waals surface area contributed by atoms with Gasteiger partial charge in [0.1, 0.15) is 23.0 Å². The average Bonchev–Trinajstić information content (AvgIpc) is 3.04. The molecular weight excluding hydrogens is 423 g/mol. The third kappa shape index (κ3) is 4.05. The van der Waals surface area contributed by atoms with Gasteiger partial charge in [0.15, 0.2) is 0 Å². The molecule has 3 aromatic rings. The van der Waals surface area contributed by atoms with E-state index in [9.17, 15) is 14.0 Å². The molecule has 0 saturated heterocycles. The highest BCUT2D eigenvalue weighted by Gasteiger charge is 2.41. The Morgan fingerprint density at radius 3 is 2.21 bits per heavy atom. The Bertz CT molecular complexity index is 1280. The molecule has 1 aliphatic rings. The van der Waals surface area contributed by atoms with Crippen LogP contribution in [0, 0.1) is 19.7 Å². The highest BCUT2D eigenvalue weighted by atomic mass is 19.1. The summed E-state index contributed by atoms with van der Waals surface area (Å²) in [4.78, 5) is 28.1. The van der Waals surface area contributed by atoms with E-state index in [2.05, 4.69) is 5.32 Å². The summed E-state index contributed by atoms with van der Waals surface area (Å²) in [6.45, 7) is 3.85. The van der Waals surface area contributed by atoms with E-state index in [0.717, 1.165) is 16.0 Å².